The molecule has 3 aliphatic heterocycles. The first kappa shape index (κ1) is 25.6. The topological polar surface area (TPSA) is 77.1 Å². The van der Waals surface area contributed by atoms with Crippen LogP contribution in [0.25, 0.3) is 0 Å². The molecule has 3 aliphatic rings. The van der Waals surface area contributed by atoms with Crippen LogP contribution < -0.4 is 14.8 Å². The van der Waals surface area contributed by atoms with E-state index in [9.17, 15) is 9.35 Å². The van der Waals surface area contributed by atoms with Gasteiger partial charge in [-0.05, 0) is 62.7 Å². The molecule has 0 saturated carbocycles. The largest absolute Gasteiger partial charge is 0.598 e. The average molecular weight is 492 g/mol. The molecule has 2 fully saturated rings. The standard InChI is InChI=1S/C26H41N3O4S/c1-2-5-21-10-15-29(16-11-21)34(31)19-4-12-28-13-8-22(9-14-28)20-27-26(30)23-6-3-7-24-25(23)33-18-17-32-24/h3,6-7,21-22H,2,4-5,8-20H2,1H3,(H,27,30). The molecule has 0 aliphatic carbocycles. The van der Waals surface area contributed by atoms with E-state index in [1.165, 1.54) is 25.7 Å². The first-order valence-corrected chi connectivity index (χ1v) is 14.4. The van der Waals surface area contributed by atoms with Gasteiger partial charge in [-0.15, -0.1) is 4.31 Å². The molecular formula is C26H41N3O4S. The lowest BCUT2D eigenvalue weighted by Crippen LogP contribution is -2.41. The minimum atomic E-state index is -0.824. The van der Waals surface area contributed by atoms with Crippen LogP contribution in [0, 0.1) is 11.8 Å². The number of nitrogens with one attached hydrogen (secondary N) is 1. The number of likely N-dealkylation sites (tertiary alicyclic amines) is 1. The van der Waals surface area contributed by atoms with E-state index >= 15 is 0 Å². The monoisotopic (exact) mass is 491 g/mol. The van der Waals surface area contributed by atoms with Gasteiger partial charge in [-0.3, -0.25) is 4.79 Å². The Labute approximate surface area is 207 Å². The van der Waals surface area contributed by atoms with Crippen LogP contribution >= 0.6 is 0 Å². The molecule has 2 saturated heterocycles. The van der Waals surface area contributed by atoms with Crippen molar-refractivity contribution in [3.8, 4) is 11.5 Å². The predicted octanol–water partition coefficient (Wildman–Crippen LogP) is 3.47. The van der Waals surface area contributed by atoms with Crippen LogP contribution in [0.15, 0.2) is 18.2 Å². The molecular weight excluding hydrogens is 450 g/mol. The van der Waals surface area contributed by atoms with Crippen LogP contribution in [0.5, 0.6) is 11.5 Å². The number of hydrogen-bond donors (Lipinski definition) is 1. The zero-order valence-corrected chi connectivity index (χ0v) is 21.5. The van der Waals surface area contributed by atoms with Crippen molar-refractivity contribution in [2.45, 2.75) is 51.9 Å². The van der Waals surface area contributed by atoms with Crippen molar-refractivity contribution >= 4 is 17.3 Å². The predicted molar refractivity (Wildman–Crippen MR) is 136 cm³/mol. The summed E-state index contributed by atoms with van der Waals surface area (Å²) in [4.78, 5) is 15.2. The van der Waals surface area contributed by atoms with E-state index < -0.39 is 11.4 Å². The molecule has 0 radical (unpaired) electrons. The summed E-state index contributed by atoms with van der Waals surface area (Å²) in [6.07, 6.45) is 8.15. The molecule has 34 heavy (non-hydrogen) atoms. The third-order valence-electron chi connectivity index (χ3n) is 7.42. The maximum atomic E-state index is 12.7. The molecule has 1 aromatic rings. The van der Waals surface area contributed by atoms with E-state index in [1.54, 1.807) is 6.07 Å². The number of carbonyl (C=O) groups is 1. The summed E-state index contributed by atoms with van der Waals surface area (Å²) in [5.74, 6) is 3.23. The minimum Gasteiger partial charge on any atom is -0.598 e. The number of hydrogen-bond acceptors (Lipinski definition) is 6. The van der Waals surface area contributed by atoms with Crippen LogP contribution in [0.4, 0.5) is 0 Å². The summed E-state index contributed by atoms with van der Waals surface area (Å²) >= 11 is -0.824. The Morgan fingerprint density at radius 2 is 1.82 bits per heavy atom. The Balaban J connectivity index is 1.10. The molecule has 1 atom stereocenters. The van der Waals surface area contributed by atoms with E-state index in [0.717, 1.165) is 63.7 Å². The lowest BCUT2D eigenvalue weighted by atomic mass is 9.94. The maximum absolute atomic E-state index is 12.7. The van der Waals surface area contributed by atoms with Gasteiger partial charge in [0.05, 0.1) is 5.56 Å². The Kier molecular flexibility index (Phi) is 9.79. The molecule has 4 rings (SSSR count). The van der Waals surface area contributed by atoms with E-state index in [2.05, 4.69) is 21.4 Å². The molecule has 0 bridgehead atoms. The highest BCUT2D eigenvalue weighted by Crippen LogP contribution is 2.33. The molecule has 1 aromatic carbocycles. The van der Waals surface area contributed by atoms with Crippen molar-refractivity contribution in [3.63, 3.8) is 0 Å². The van der Waals surface area contributed by atoms with Gasteiger partial charge in [0, 0.05) is 44.0 Å². The molecule has 190 valence electrons. The van der Waals surface area contributed by atoms with Crippen molar-refractivity contribution in [1.82, 2.24) is 14.5 Å². The van der Waals surface area contributed by atoms with E-state index in [1.807, 2.05) is 12.1 Å². The molecule has 3 heterocycles. The number of piperidine rings is 2. The van der Waals surface area contributed by atoms with Crippen LogP contribution in [0.2, 0.25) is 0 Å². The summed E-state index contributed by atoms with van der Waals surface area (Å²) in [6, 6.07) is 5.47. The third-order valence-corrected chi connectivity index (χ3v) is 9.00. The van der Waals surface area contributed by atoms with Gasteiger partial charge in [0.25, 0.3) is 5.91 Å². The van der Waals surface area contributed by atoms with Gasteiger partial charge in [0.1, 0.15) is 19.0 Å². The van der Waals surface area contributed by atoms with Crippen LogP contribution in [-0.4, -0.2) is 77.9 Å². The summed E-state index contributed by atoms with van der Waals surface area (Å²) in [5, 5.41) is 3.10. The number of carbonyl (C=O) groups excluding carboxylic acids is 1. The first-order chi connectivity index (χ1) is 16.6. The fourth-order valence-corrected chi connectivity index (χ4v) is 6.60. The molecule has 1 amide bonds. The fraction of sp³-hybridized carbons (Fsp3) is 0.731. The second-order valence-electron chi connectivity index (χ2n) is 9.87. The van der Waals surface area contributed by atoms with E-state index in [4.69, 9.17) is 9.47 Å². The smallest absolute Gasteiger partial charge is 0.255 e. The molecule has 8 heteroatoms. The zero-order valence-electron chi connectivity index (χ0n) is 20.6. The van der Waals surface area contributed by atoms with E-state index in [-0.39, 0.29) is 5.91 Å². The van der Waals surface area contributed by atoms with E-state index in [0.29, 0.717) is 42.7 Å². The van der Waals surface area contributed by atoms with Crippen molar-refractivity contribution in [2.75, 3.05) is 58.2 Å². The lowest BCUT2D eigenvalue weighted by Gasteiger charge is -2.33. The number of para-hydroxylation sites is 1. The Morgan fingerprint density at radius 3 is 2.59 bits per heavy atom. The molecule has 0 aromatic heterocycles. The average Bonchev–Trinajstić information content (AvgIpc) is 2.88. The molecule has 0 spiro atoms. The number of nitrogens with zero attached hydrogens (tertiary/aromatic N) is 2. The second-order valence-corrected chi connectivity index (χ2v) is 11.4. The fourth-order valence-electron chi connectivity index (χ4n) is 5.35. The molecule has 7 nitrogen and oxygen atoms in total. The van der Waals surface area contributed by atoms with Gasteiger partial charge in [0.15, 0.2) is 11.5 Å². The number of ether oxygens (including phenoxy) is 2. The molecule has 1 N–H and O–H groups in total. The number of rotatable bonds is 10. The quantitative estimate of drug-likeness (QED) is 0.505. The highest BCUT2D eigenvalue weighted by Gasteiger charge is 2.27. The van der Waals surface area contributed by atoms with Gasteiger partial charge in [-0.2, -0.15) is 0 Å². The van der Waals surface area contributed by atoms with Crippen LogP contribution in [0.1, 0.15) is 62.2 Å². The van der Waals surface area contributed by atoms with Crippen molar-refractivity contribution in [2.24, 2.45) is 11.8 Å². The van der Waals surface area contributed by atoms with Gasteiger partial charge >= 0.3 is 0 Å². The Morgan fingerprint density at radius 1 is 1.09 bits per heavy atom. The van der Waals surface area contributed by atoms with Crippen molar-refractivity contribution in [1.29, 1.82) is 0 Å². The Hall–Kier alpha value is -1.48. The van der Waals surface area contributed by atoms with Gasteiger partial charge in [-0.25, -0.2) is 0 Å². The second kappa shape index (κ2) is 13.0. The zero-order chi connectivity index (χ0) is 23.8. The third kappa shape index (κ3) is 7.03. The summed E-state index contributed by atoms with van der Waals surface area (Å²) in [6.45, 7) is 9.05. The summed E-state index contributed by atoms with van der Waals surface area (Å²) in [7, 11) is 0. The molecule has 1 unspecified atom stereocenters. The van der Waals surface area contributed by atoms with Crippen molar-refractivity contribution < 1.29 is 18.8 Å². The summed E-state index contributed by atoms with van der Waals surface area (Å²) in [5.41, 5.74) is 0.553. The first-order valence-electron chi connectivity index (χ1n) is 13.2. The van der Waals surface area contributed by atoms with Gasteiger partial charge < -0.3 is 24.2 Å². The van der Waals surface area contributed by atoms with Crippen LogP contribution in [0.3, 0.4) is 0 Å². The SMILES string of the molecule is CCCC1CCN([S+]([O-])CCCN2CCC(CNC(=O)c3cccc4c3OCCO4)CC2)CC1. The minimum absolute atomic E-state index is 0.0917. The highest BCUT2D eigenvalue weighted by atomic mass is 32.2. The normalized spacial score (nSPS) is 21.4. The number of fused-ring (bicyclic) bond motifs is 1. The Bertz CT molecular complexity index is 779. The number of benzene rings is 1. The maximum Gasteiger partial charge on any atom is 0.255 e. The van der Waals surface area contributed by atoms with Gasteiger partial charge in [0.2, 0.25) is 0 Å². The van der Waals surface area contributed by atoms with Crippen LogP contribution in [-0.2, 0) is 11.4 Å². The van der Waals surface area contributed by atoms with Gasteiger partial charge in [-0.1, -0.05) is 25.8 Å². The highest BCUT2D eigenvalue weighted by molar-refractivity contribution is 7.89. The number of amides is 1. The lowest BCUT2D eigenvalue weighted by molar-refractivity contribution is 0.0925. The summed E-state index contributed by atoms with van der Waals surface area (Å²) < 4.78 is 26.1. The van der Waals surface area contributed by atoms with Crippen molar-refractivity contribution in [3.05, 3.63) is 23.8 Å².